The molecule has 110 valence electrons. The fourth-order valence-electron chi connectivity index (χ4n) is 2.18. The van der Waals surface area contributed by atoms with Gasteiger partial charge in [-0.15, -0.1) is 0 Å². The number of carbonyl (C=O) groups excluding carboxylic acids is 1. The van der Waals surface area contributed by atoms with Gasteiger partial charge in [-0.05, 0) is 24.1 Å². The van der Waals surface area contributed by atoms with E-state index in [9.17, 15) is 4.79 Å². The van der Waals surface area contributed by atoms with Crippen LogP contribution in [0.4, 0.5) is 0 Å². The number of hydrogen-bond donors (Lipinski definition) is 2. The topological polar surface area (TPSA) is 73.6 Å². The molecule has 0 saturated carbocycles. The Balaban J connectivity index is 1.83. The maximum Gasteiger partial charge on any atom is 0.221 e. The Hall–Kier alpha value is -1.75. The van der Waals surface area contributed by atoms with Crippen LogP contribution in [-0.4, -0.2) is 25.2 Å². The van der Waals surface area contributed by atoms with E-state index in [2.05, 4.69) is 12.2 Å². The van der Waals surface area contributed by atoms with Crippen molar-refractivity contribution in [1.82, 2.24) is 5.32 Å². The summed E-state index contributed by atoms with van der Waals surface area (Å²) in [6.45, 7) is 3.69. The fourth-order valence-corrected chi connectivity index (χ4v) is 2.18. The van der Waals surface area contributed by atoms with Gasteiger partial charge >= 0.3 is 0 Å². The van der Waals surface area contributed by atoms with Gasteiger partial charge in [-0.1, -0.05) is 19.4 Å². The highest BCUT2D eigenvalue weighted by Gasteiger charge is 2.12. The van der Waals surface area contributed by atoms with Gasteiger partial charge in [-0.25, -0.2) is 0 Å². The highest BCUT2D eigenvalue weighted by Crippen LogP contribution is 2.30. The van der Waals surface area contributed by atoms with Crippen molar-refractivity contribution in [3.8, 4) is 11.5 Å². The number of amides is 1. The van der Waals surface area contributed by atoms with Crippen LogP contribution in [0, 0.1) is 0 Å². The molecule has 0 bridgehead atoms. The normalized spacial score (nSPS) is 14.7. The molecule has 1 unspecified atom stereocenters. The number of hydrogen-bond acceptors (Lipinski definition) is 4. The highest BCUT2D eigenvalue weighted by molar-refractivity contribution is 5.76. The number of benzene rings is 1. The Labute approximate surface area is 119 Å². The molecule has 0 radical (unpaired) electrons. The van der Waals surface area contributed by atoms with Crippen molar-refractivity contribution in [2.24, 2.45) is 5.73 Å². The maximum absolute atomic E-state index is 11.7. The lowest BCUT2D eigenvalue weighted by Gasteiger charge is -2.19. The molecule has 5 nitrogen and oxygen atoms in total. The summed E-state index contributed by atoms with van der Waals surface area (Å²) in [4.78, 5) is 11.7. The molecule has 0 spiro atoms. The van der Waals surface area contributed by atoms with Crippen molar-refractivity contribution in [3.05, 3.63) is 23.8 Å². The molecule has 0 fully saturated rings. The van der Waals surface area contributed by atoms with E-state index < -0.39 is 0 Å². The monoisotopic (exact) mass is 278 g/mol. The summed E-state index contributed by atoms with van der Waals surface area (Å²) in [5.41, 5.74) is 6.84. The fraction of sp³-hybridized carbons (Fsp3) is 0.533. The molecule has 1 aromatic carbocycles. The van der Waals surface area contributed by atoms with Crippen molar-refractivity contribution < 1.29 is 14.3 Å². The summed E-state index contributed by atoms with van der Waals surface area (Å²) in [5.74, 6) is 1.49. The van der Waals surface area contributed by atoms with Crippen LogP contribution >= 0.6 is 0 Å². The average Bonchev–Trinajstić information content (AvgIpc) is 2.45. The average molecular weight is 278 g/mol. The van der Waals surface area contributed by atoms with Crippen molar-refractivity contribution in [3.63, 3.8) is 0 Å². The lowest BCUT2D eigenvalue weighted by atomic mass is 10.1. The SMILES string of the molecule is CCCC(N)CC(=O)NCc1ccc2c(c1)OCCO2. The molecule has 3 N–H and O–H groups in total. The zero-order chi connectivity index (χ0) is 14.4. The minimum atomic E-state index is -0.0553. The molecule has 0 aromatic heterocycles. The minimum Gasteiger partial charge on any atom is -0.486 e. The van der Waals surface area contributed by atoms with E-state index in [0.717, 1.165) is 29.9 Å². The van der Waals surface area contributed by atoms with Gasteiger partial charge in [0.25, 0.3) is 0 Å². The van der Waals surface area contributed by atoms with Crippen LogP contribution < -0.4 is 20.5 Å². The third-order valence-electron chi connectivity index (χ3n) is 3.20. The number of nitrogens with two attached hydrogens (primary N) is 1. The Morgan fingerprint density at radius 2 is 2.10 bits per heavy atom. The second-order valence-electron chi connectivity index (χ2n) is 5.01. The van der Waals surface area contributed by atoms with Crippen molar-refractivity contribution in [2.45, 2.75) is 38.8 Å². The zero-order valence-corrected chi connectivity index (χ0v) is 11.9. The smallest absolute Gasteiger partial charge is 0.221 e. The lowest BCUT2D eigenvalue weighted by molar-refractivity contribution is -0.121. The predicted molar refractivity (Wildman–Crippen MR) is 76.8 cm³/mol. The number of rotatable bonds is 6. The van der Waals surface area contributed by atoms with E-state index in [1.54, 1.807) is 0 Å². The van der Waals surface area contributed by atoms with E-state index >= 15 is 0 Å². The quantitative estimate of drug-likeness (QED) is 0.829. The molecule has 1 aromatic rings. The van der Waals surface area contributed by atoms with Crippen LogP contribution in [-0.2, 0) is 11.3 Å². The van der Waals surface area contributed by atoms with Gasteiger partial charge in [-0.3, -0.25) is 4.79 Å². The summed E-state index contributed by atoms with van der Waals surface area (Å²) in [6.07, 6.45) is 2.24. The molecule has 20 heavy (non-hydrogen) atoms. The summed E-state index contributed by atoms with van der Waals surface area (Å²) in [6, 6.07) is 5.65. The third kappa shape index (κ3) is 4.13. The standard InChI is InChI=1S/C15H22N2O3/c1-2-3-12(16)9-15(18)17-10-11-4-5-13-14(8-11)20-7-6-19-13/h4-5,8,12H,2-3,6-7,9-10,16H2,1H3,(H,17,18). The maximum atomic E-state index is 11.7. The van der Waals surface area contributed by atoms with Crippen molar-refractivity contribution in [1.29, 1.82) is 0 Å². The van der Waals surface area contributed by atoms with E-state index in [4.69, 9.17) is 15.2 Å². The molecular formula is C15H22N2O3. The van der Waals surface area contributed by atoms with Gasteiger partial charge in [0.2, 0.25) is 5.91 Å². The number of fused-ring (bicyclic) bond motifs is 1. The minimum absolute atomic E-state index is 0.0131. The van der Waals surface area contributed by atoms with Crippen molar-refractivity contribution in [2.75, 3.05) is 13.2 Å². The first kappa shape index (κ1) is 14.7. The number of carbonyl (C=O) groups is 1. The second kappa shape index (κ2) is 7.14. The second-order valence-corrected chi connectivity index (χ2v) is 5.01. The van der Waals surface area contributed by atoms with E-state index in [-0.39, 0.29) is 11.9 Å². The first-order valence-electron chi connectivity index (χ1n) is 7.10. The van der Waals surface area contributed by atoms with Gasteiger partial charge in [0, 0.05) is 19.0 Å². The molecule has 1 aliphatic heterocycles. The molecule has 1 atom stereocenters. The Kier molecular flexibility index (Phi) is 5.24. The Bertz CT molecular complexity index is 462. The van der Waals surface area contributed by atoms with E-state index in [0.29, 0.717) is 26.2 Å². The first-order valence-corrected chi connectivity index (χ1v) is 7.10. The van der Waals surface area contributed by atoms with Crippen LogP contribution in [0.1, 0.15) is 31.7 Å². The van der Waals surface area contributed by atoms with Crippen LogP contribution in [0.2, 0.25) is 0 Å². The Morgan fingerprint density at radius 1 is 1.35 bits per heavy atom. The van der Waals surface area contributed by atoms with Crippen molar-refractivity contribution >= 4 is 5.91 Å². The van der Waals surface area contributed by atoms with Gasteiger partial charge in [-0.2, -0.15) is 0 Å². The van der Waals surface area contributed by atoms with E-state index in [1.165, 1.54) is 0 Å². The lowest BCUT2D eigenvalue weighted by Crippen LogP contribution is -2.31. The molecule has 2 rings (SSSR count). The summed E-state index contributed by atoms with van der Waals surface area (Å²) < 4.78 is 11.0. The van der Waals surface area contributed by atoms with Crippen LogP contribution in [0.3, 0.4) is 0 Å². The molecule has 0 saturated heterocycles. The van der Waals surface area contributed by atoms with Crippen LogP contribution in [0.15, 0.2) is 18.2 Å². The molecule has 1 amide bonds. The molecule has 5 heteroatoms. The van der Waals surface area contributed by atoms with Gasteiger partial charge in [0.15, 0.2) is 11.5 Å². The largest absolute Gasteiger partial charge is 0.486 e. The summed E-state index contributed by atoms with van der Waals surface area (Å²) in [7, 11) is 0. The summed E-state index contributed by atoms with van der Waals surface area (Å²) >= 11 is 0. The number of nitrogens with one attached hydrogen (secondary N) is 1. The molecule has 0 aliphatic carbocycles. The van der Waals surface area contributed by atoms with Crippen LogP contribution in [0.5, 0.6) is 11.5 Å². The predicted octanol–water partition coefficient (Wildman–Crippen LogP) is 1.59. The molecule has 1 aliphatic rings. The zero-order valence-electron chi connectivity index (χ0n) is 11.9. The highest BCUT2D eigenvalue weighted by atomic mass is 16.6. The van der Waals surface area contributed by atoms with Gasteiger partial charge < -0.3 is 20.5 Å². The number of ether oxygens (including phenoxy) is 2. The van der Waals surface area contributed by atoms with Gasteiger partial charge in [0.05, 0.1) is 0 Å². The Morgan fingerprint density at radius 3 is 2.85 bits per heavy atom. The van der Waals surface area contributed by atoms with Gasteiger partial charge in [0.1, 0.15) is 13.2 Å². The third-order valence-corrected chi connectivity index (χ3v) is 3.20. The molecular weight excluding hydrogens is 256 g/mol. The van der Waals surface area contributed by atoms with E-state index in [1.807, 2.05) is 18.2 Å². The molecule has 1 heterocycles. The first-order chi connectivity index (χ1) is 9.69. The summed E-state index contributed by atoms with van der Waals surface area (Å²) in [5, 5.41) is 2.88. The van der Waals surface area contributed by atoms with Crippen LogP contribution in [0.25, 0.3) is 0 Å².